The summed E-state index contributed by atoms with van der Waals surface area (Å²) in [6.45, 7) is 3.85. The molecule has 5 N–H and O–H groups in total. The first-order valence-corrected chi connectivity index (χ1v) is 11.9. The maximum atomic E-state index is 13.6. The predicted molar refractivity (Wildman–Crippen MR) is 135 cm³/mol. The summed E-state index contributed by atoms with van der Waals surface area (Å²) in [6, 6.07) is 11.9. The number of carbonyl (C=O) groups is 3. The number of hydrogen-bond acceptors (Lipinski definition) is 6. The van der Waals surface area contributed by atoms with Gasteiger partial charge in [0.15, 0.2) is 11.4 Å². The first kappa shape index (κ1) is 23.8. The third kappa shape index (κ3) is 3.42. The Kier molecular flexibility index (Phi) is 5.48. The molecule has 0 spiro atoms. The van der Waals surface area contributed by atoms with Gasteiger partial charge in [-0.2, -0.15) is 0 Å². The van der Waals surface area contributed by atoms with Crippen molar-refractivity contribution in [1.29, 1.82) is 0 Å². The number of ketones is 2. The van der Waals surface area contributed by atoms with Crippen molar-refractivity contribution < 1.29 is 29.7 Å². The van der Waals surface area contributed by atoms with Crippen LogP contribution in [-0.4, -0.2) is 38.4 Å². The molecule has 1 fully saturated rings. The molecule has 3 atom stereocenters. The van der Waals surface area contributed by atoms with Crippen molar-refractivity contribution in [3.8, 4) is 0 Å². The van der Waals surface area contributed by atoms with Gasteiger partial charge in [0.1, 0.15) is 17.1 Å². The third-order valence-electron chi connectivity index (χ3n) is 7.75. The third-order valence-corrected chi connectivity index (χ3v) is 7.75. The van der Waals surface area contributed by atoms with E-state index in [0.717, 1.165) is 27.8 Å². The van der Waals surface area contributed by atoms with E-state index in [2.05, 4.69) is 0 Å². The van der Waals surface area contributed by atoms with E-state index in [4.69, 9.17) is 5.73 Å². The molecule has 184 valence electrons. The van der Waals surface area contributed by atoms with Crippen molar-refractivity contribution in [2.45, 2.75) is 38.7 Å². The normalized spacial score (nSPS) is 25.6. The van der Waals surface area contributed by atoms with Crippen LogP contribution >= 0.6 is 0 Å². The molecule has 0 aromatic heterocycles. The number of benzene rings is 2. The number of aliphatic hydroxyl groups is 3. The number of Topliss-reactive ketones (excluding diaryl/α,β-unsaturated/α-hetero) is 2. The second kappa shape index (κ2) is 8.31. The summed E-state index contributed by atoms with van der Waals surface area (Å²) < 4.78 is 0. The van der Waals surface area contributed by atoms with Crippen molar-refractivity contribution in [3.63, 3.8) is 0 Å². The molecule has 3 aliphatic carbocycles. The Labute approximate surface area is 208 Å². The molecule has 2 aromatic rings. The summed E-state index contributed by atoms with van der Waals surface area (Å²) in [6.07, 6.45) is 4.26. The number of aliphatic hydroxyl groups excluding tert-OH is 2. The van der Waals surface area contributed by atoms with Gasteiger partial charge < -0.3 is 21.1 Å². The van der Waals surface area contributed by atoms with E-state index in [1.807, 2.05) is 62.4 Å². The number of hydrogen-bond donors (Lipinski definition) is 4. The Morgan fingerprint density at radius 2 is 1.72 bits per heavy atom. The van der Waals surface area contributed by atoms with Crippen LogP contribution in [0.2, 0.25) is 0 Å². The lowest BCUT2D eigenvalue weighted by atomic mass is 9.59. The van der Waals surface area contributed by atoms with E-state index in [0.29, 0.717) is 12.0 Å². The van der Waals surface area contributed by atoms with Gasteiger partial charge in [-0.1, -0.05) is 54.1 Å². The van der Waals surface area contributed by atoms with Gasteiger partial charge in [-0.25, -0.2) is 0 Å². The lowest BCUT2D eigenvalue weighted by Crippen LogP contribution is -2.58. The summed E-state index contributed by atoms with van der Waals surface area (Å²) in [7, 11) is 0. The maximum Gasteiger partial charge on any atom is 0.255 e. The number of amides is 1. The van der Waals surface area contributed by atoms with Crippen molar-refractivity contribution >= 4 is 35.4 Å². The Bertz CT molecular complexity index is 1430. The average Bonchev–Trinajstić information content (AvgIpc) is 2.81. The molecule has 7 nitrogen and oxygen atoms in total. The molecule has 36 heavy (non-hydrogen) atoms. The van der Waals surface area contributed by atoms with E-state index in [9.17, 15) is 29.7 Å². The molecule has 0 bridgehead atoms. The highest BCUT2D eigenvalue weighted by atomic mass is 16.3. The summed E-state index contributed by atoms with van der Waals surface area (Å²) in [5, 5.41) is 33.4. The van der Waals surface area contributed by atoms with Crippen LogP contribution in [0.1, 0.15) is 46.2 Å². The first-order valence-electron chi connectivity index (χ1n) is 11.9. The zero-order valence-corrected chi connectivity index (χ0v) is 20.0. The lowest BCUT2D eigenvalue weighted by molar-refractivity contribution is -0.147. The minimum Gasteiger partial charge on any atom is -0.508 e. The second-order valence-corrected chi connectivity index (χ2v) is 9.98. The van der Waals surface area contributed by atoms with Crippen LogP contribution in [0.3, 0.4) is 0 Å². The van der Waals surface area contributed by atoms with Crippen molar-refractivity contribution in [1.82, 2.24) is 0 Å². The smallest absolute Gasteiger partial charge is 0.255 e. The quantitative estimate of drug-likeness (QED) is 0.388. The van der Waals surface area contributed by atoms with Crippen LogP contribution in [0.5, 0.6) is 0 Å². The molecule has 0 radical (unpaired) electrons. The Morgan fingerprint density at radius 1 is 1.03 bits per heavy atom. The topological polar surface area (TPSA) is 138 Å². The molecule has 2 aromatic carbocycles. The van der Waals surface area contributed by atoms with Crippen LogP contribution in [-0.2, 0) is 20.8 Å². The van der Waals surface area contributed by atoms with Crippen LogP contribution in [0, 0.1) is 25.7 Å². The van der Waals surface area contributed by atoms with Gasteiger partial charge in [0.05, 0.1) is 0 Å². The molecule has 0 aliphatic heterocycles. The van der Waals surface area contributed by atoms with Crippen molar-refractivity contribution in [3.05, 3.63) is 86.7 Å². The van der Waals surface area contributed by atoms with Gasteiger partial charge in [-0.3, -0.25) is 14.4 Å². The largest absolute Gasteiger partial charge is 0.508 e. The predicted octanol–water partition coefficient (Wildman–Crippen LogP) is 3.51. The highest BCUT2D eigenvalue weighted by Crippen LogP contribution is 2.51. The highest BCUT2D eigenvalue weighted by molar-refractivity contribution is 6.22. The standard InChI is InChI=1S/C29H27NO6/c1-14-3-6-16(7-4-14)8-10-17-9-5-15(2)22-20(17)12-18-11-19-13-21(31)24(28(30)35)27(34)29(19,36)26(33)23(18)25(22)32/h3-10,18-19,32,34,36H,11-13H2,1-2H3,(H2,30,35)/b10-8+/t18-,19?,29?/m1/s1. The zero-order valence-electron chi connectivity index (χ0n) is 20.0. The van der Waals surface area contributed by atoms with Crippen LogP contribution < -0.4 is 5.73 Å². The Morgan fingerprint density at radius 3 is 2.39 bits per heavy atom. The first-order chi connectivity index (χ1) is 17.0. The maximum absolute atomic E-state index is 13.6. The lowest BCUT2D eigenvalue weighted by Gasteiger charge is -2.46. The number of primary amides is 1. The van der Waals surface area contributed by atoms with E-state index < -0.39 is 46.2 Å². The second-order valence-electron chi connectivity index (χ2n) is 9.98. The molecule has 5 rings (SSSR count). The minimum atomic E-state index is -2.48. The SMILES string of the molecule is Cc1ccc(/C=C/c2ccc(C)c3c2C[C@H]2CC4CC(=O)C(C(N)=O)=C(O)C4(O)C(=O)C2=C3O)cc1. The fraction of sp³-hybridized carbons (Fsp3) is 0.276. The number of carbonyl (C=O) groups excluding carboxylic acids is 3. The Balaban J connectivity index is 1.62. The van der Waals surface area contributed by atoms with E-state index in [1.165, 1.54) is 0 Å². The number of aryl methyl sites for hydroxylation is 2. The number of rotatable bonds is 3. The Hall–Kier alpha value is -3.97. The monoisotopic (exact) mass is 485 g/mol. The average molecular weight is 486 g/mol. The zero-order chi connectivity index (χ0) is 25.9. The van der Waals surface area contributed by atoms with Gasteiger partial charge in [0.25, 0.3) is 5.91 Å². The van der Waals surface area contributed by atoms with Crippen molar-refractivity contribution in [2.75, 3.05) is 0 Å². The molecule has 0 heterocycles. The molecule has 2 unspecified atom stereocenters. The van der Waals surface area contributed by atoms with Gasteiger partial charge in [-0.15, -0.1) is 0 Å². The molecule has 7 heteroatoms. The molecule has 1 amide bonds. The number of nitrogens with two attached hydrogens (primary N) is 1. The van der Waals surface area contributed by atoms with E-state index >= 15 is 0 Å². The fourth-order valence-corrected chi connectivity index (χ4v) is 5.86. The summed E-state index contributed by atoms with van der Waals surface area (Å²) in [5.74, 6) is -5.45. The summed E-state index contributed by atoms with van der Waals surface area (Å²) in [4.78, 5) is 37.9. The summed E-state index contributed by atoms with van der Waals surface area (Å²) in [5.41, 5.74) is 7.26. The molecule has 1 saturated carbocycles. The summed E-state index contributed by atoms with van der Waals surface area (Å²) >= 11 is 0. The molecular formula is C29H27NO6. The van der Waals surface area contributed by atoms with Gasteiger partial charge in [0, 0.05) is 23.5 Å². The van der Waals surface area contributed by atoms with Gasteiger partial charge >= 0.3 is 0 Å². The van der Waals surface area contributed by atoms with Gasteiger partial charge in [0.2, 0.25) is 5.78 Å². The van der Waals surface area contributed by atoms with Crippen LogP contribution in [0.25, 0.3) is 17.9 Å². The highest BCUT2D eigenvalue weighted by Gasteiger charge is 2.60. The van der Waals surface area contributed by atoms with Crippen LogP contribution in [0.15, 0.2) is 53.3 Å². The van der Waals surface area contributed by atoms with E-state index in [-0.39, 0.29) is 24.2 Å². The van der Waals surface area contributed by atoms with E-state index in [1.54, 1.807) is 0 Å². The minimum absolute atomic E-state index is 0.00809. The number of fused-ring (bicyclic) bond motifs is 3. The van der Waals surface area contributed by atoms with Gasteiger partial charge in [-0.05, 0) is 54.9 Å². The molecule has 0 saturated heterocycles. The van der Waals surface area contributed by atoms with Crippen LogP contribution in [0.4, 0.5) is 0 Å². The molecular weight excluding hydrogens is 458 g/mol. The fourth-order valence-electron chi connectivity index (χ4n) is 5.86. The van der Waals surface area contributed by atoms with Crippen molar-refractivity contribution in [2.24, 2.45) is 17.6 Å². The molecule has 3 aliphatic rings.